The lowest BCUT2D eigenvalue weighted by atomic mass is 10.2. The summed E-state index contributed by atoms with van der Waals surface area (Å²) < 4.78 is 7.42. The van der Waals surface area contributed by atoms with E-state index in [1.807, 2.05) is 43.3 Å². The molecule has 2 aromatic carbocycles. The summed E-state index contributed by atoms with van der Waals surface area (Å²) in [4.78, 5) is 4.76. The largest absolute Gasteiger partial charge is 0.497 e. The maximum absolute atomic E-state index is 5.28. The van der Waals surface area contributed by atoms with Gasteiger partial charge in [-0.3, -0.25) is 0 Å². The summed E-state index contributed by atoms with van der Waals surface area (Å²) in [6.45, 7) is 2.48. The van der Waals surface area contributed by atoms with Gasteiger partial charge in [-0.05, 0) is 19.1 Å². The van der Waals surface area contributed by atoms with E-state index in [1.165, 1.54) is 0 Å². The highest BCUT2D eigenvalue weighted by molar-refractivity contribution is 5.82. The molecule has 3 nitrogen and oxygen atoms in total. The number of methoxy groups -OCH3 is 1. The van der Waals surface area contributed by atoms with E-state index in [2.05, 4.69) is 28.5 Å². The fourth-order valence-electron chi connectivity index (χ4n) is 2.36. The molecule has 0 aliphatic carbocycles. The van der Waals surface area contributed by atoms with Crippen molar-refractivity contribution in [2.24, 2.45) is 0 Å². The zero-order valence-corrected chi connectivity index (χ0v) is 12.1. The molecule has 0 radical (unpaired) electrons. The quantitative estimate of drug-likeness (QED) is 0.681. The molecule has 21 heavy (non-hydrogen) atoms. The van der Waals surface area contributed by atoms with Gasteiger partial charge in [0.15, 0.2) is 0 Å². The van der Waals surface area contributed by atoms with Crippen LogP contribution in [0.15, 0.2) is 48.5 Å². The molecule has 0 unspecified atom stereocenters. The molecule has 0 amide bonds. The van der Waals surface area contributed by atoms with Gasteiger partial charge in [0.1, 0.15) is 11.6 Å². The summed E-state index contributed by atoms with van der Waals surface area (Å²) in [5.74, 6) is 7.82. The minimum atomic E-state index is 0.629. The fourth-order valence-corrected chi connectivity index (χ4v) is 2.36. The van der Waals surface area contributed by atoms with Gasteiger partial charge in [0.2, 0.25) is 0 Å². The number of hydrogen-bond acceptors (Lipinski definition) is 2. The Bertz CT molecular complexity index is 823. The summed E-state index contributed by atoms with van der Waals surface area (Å²) in [5, 5.41) is 0. The summed E-state index contributed by atoms with van der Waals surface area (Å²) >= 11 is 0. The van der Waals surface area contributed by atoms with E-state index < -0.39 is 0 Å². The van der Waals surface area contributed by atoms with Crippen LogP contribution in [-0.2, 0) is 6.54 Å². The summed E-state index contributed by atoms with van der Waals surface area (Å²) in [7, 11) is 1.67. The summed E-state index contributed by atoms with van der Waals surface area (Å²) in [6.07, 6.45) is 0. The maximum Gasteiger partial charge on any atom is 0.141 e. The Balaban J connectivity index is 2.23. The molecule has 0 N–H and O–H groups in total. The summed E-state index contributed by atoms with van der Waals surface area (Å²) in [6, 6.07) is 16.1. The van der Waals surface area contributed by atoms with Gasteiger partial charge in [0.25, 0.3) is 0 Å². The highest BCUT2D eigenvalue weighted by atomic mass is 16.5. The first-order chi connectivity index (χ1) is 10.3. The van der Waals surface area contributed by atoms with Crippen molar-refractivity contribution in [3.63, 3.8) is 0 Å². The smallest absolute Gasteiger partial charge is 0.141 e. The number of imidazole rings is 1. The average molecular weight is 276 g/mol. The highest BCUT2D eigenvalue weighted by Crippen LogP contribution is 2.27. The number of nitrogens with zero attached hydrogens (tertiary/aromatic N) is 2. The van der Waals surface area contributed by atoms with Crippen LogP contribution in [0.1, 0.15) is 6.92 Å². The second kappa shape index (κ2) is 5.72. The van der Waals surface area contributed by atoms with Crippen molar-refractivity contribution in [2.45, 2.75) is 13.5 Å². The number of ether oxygens (including phenoxy) is 1. The molecular weight excluding hydrogens is 260 g/mol. The van der Waals surface area contributed by atoms with Crippen LogP contribution in [0.4, 0.5) is 0 Å². The van der Waals surface area contributed by atoms with E-state index in [9.17, 15) is 0 Å². The molecule has 3 heteroatoms. The Morgan fingerprint density at radius 3 is 2.67 bits per heavy atom. The third kappa shape index (κ3) is 2.48. The molecule has 1 heterocycles. The van der Waals surface area contributed by atoms with Crippen LogP contribution in [0.25, 0.3) is 22.4 Å². The second-order valence-electron chi connectivity index (χ2n) is 4.67. The number of rotatable bonds is 3. The first kappa shape index (κ1) is 13.3. The molecule has 0 fully saturated rings. The van der Waals surface area contributed by atoms with E-state index in [1.54, 1.807) is 7.11 Å². The minimum absolute atomic E-state index is 0.629. The van der Waals surface area contributed by atoms with E-state index in [0.29, 0.717) is 6.54 Å². The van der Waals surface area contributed by atoms with Gasteiger partial charge in [-0.15, -0.1) is 5.92 Å². The Morgan fingerprint density at radius 1 is 1.14 bits per heavy atom. The molecule has 0 saturated heterocycles. The third-order valence-electron chi connectivity index (χ3n) is 3.40. The van der Waals surface area contributed by atoms with Gasteiger partial charge < -0.3 is 9.30 Å². The van der Waals surface area contributed by atoms with Gasteiger partial charge in [-0.1, -0.05) is 36.3 Å². The van der Waals surface area contributed by atoms with Crippen molar-refractivity contribution in [1.29, 1.82) is 0 Å². The number of benzene rings is 2. The predicted octanol–water partition coefficient (Wildman–Crippen LogP) is 3.74. The number of aromatic nitrogens is 2. The molecule has 1 aromatic heterocycles. The van der Waals surface area contributed by atoms with Gasteiger partial charge in [0, 0.05) is 11.6 Å². The average Bonchev–Trinajstić information content (AvgIpc) is 2.91. The standard InChI is InChI=1S/C18H16N2O/c1-3-4-12-20-17-11-10-15(21-2)13-16(17)19-18(20)14-8-6-5-7-9-14/h5-11,13H,12H2,1-2H3. The lowest BCUT2D eigenvalue weighted by Gasteiger charge is -2.05. The fraction of sp³-hybridized carbons (Fsp3) is 0.167. The third-order valence-corrected chi connectivity index (χ3v) is 3.40. The van der Waals surface area contributed by atoms with Crippen LogP contribution in [-0.4, -0.2) is 16.7 Å². The van der Waals surface area contributed by atoms with Crippen LogP contribution in [0.5, 0.6) is 5.75 Å². The Hall–Kier alpha value is -2.73. The normalized spacial score (nSPS) is 10.2. The Kier molecular flexibility index (Phi) is 3.61. The molecule has 0 saturated carbocycles. The lowest BCUT2D eigenvalue weighted by molar-refractivity contribution is 0.415. The zero-order chi connectivity index (χ0) is 14.7. The number of fused-ring (bicyclic) bond motifs is 1. The van der Waals surface area contributed by atoms with Crippen molar-refractivity contribution >= 4 is 11.0 Å². The monoisotopic (exact) mass is 276 g/mol. The predicted molar refractivity (Wildman–Crippen MR) is 85.2 cm³/mol. The van der Waals surface area contributed by atoms with E-state index in [0.717, 1.165) is 28.2 Å². The van der Waals surface area contributed by atoms with Crippen molar-refractivity contribution in [2.75, 3.05) is 7.11 Å². The van der Waals surface area contributed by atoms with Crippen LogP contribution < -0.4 is 4.74 Å². The molecule has 3 aromatic rings. The van der Waals surface area contributed by atoms with Crippen LogP contribution in [0.2, 0.25) is 0 Å². The van der Waals surface area contributed by atoms with Crippen LogP contribution >= 0.6 is 0 Å². The molecule has 0 spiro atoms. The molecular formula is C18H16N2O. The minimum Gasteiger partial charge on any atom is -0.497 e. The molecule has 0 bridgehead atoms. The van der Waals surface area contributed by atoms with Gasteiger partial charge in [-0.25, -0.2) is 4.98 Å². The van der Waals surface area contributed by atoms with E-state index in [-0.39, 0.29) is 0 Å². The van der Waals surface area contributed by atoms with Crippen LogP contribution in [0, 0.1) is 11.8 Å². The molecule has 0 aliphatic rings. The summed E-state index contributed by atoms with van der Waals surface area (Å²) in [5.41, 5.74) is 3.08. The molecule has 0 aliphatic heterocycles. The van der Waals surface area contributed by atoms with E-state index >= 15 is 0 Å². The Morgan fingerprint density at radius 2 is 1.95 bits per heavy atom. The van der Waals surface area contributed by atoms with Crippen molar-refractivity contribution in [1.82, 2.24) is 9.55 Å². The topological polar surface area (TPSA) is 27.1 Å². The van der Waals surface area contributed by atoms with Crippen molar-refractivity contribution in [3.8, 4) is 29.0 Å². The highest BCUT2D eigenvalue weighted by Gasteiger charge is 2.12. The van der Waals surface area contributed by atoms with Crippen molar-refractivity contribution in [3.05, 3.63) is 48.5 Å². The van der Waals surface area contributed by atoms with Gasteiger partial charge in [0.05, 0.1) is 24.7 Å². The second-order valence-corrected chi connectivity index (χ2v) is 4.67. The molecule has 0 atom stereocenters. The van der Waals surface area contributed by atoms with Crippen molar-refractivity contribution < 1.29 is 4.74 Å². The van der Waals surface area contributed by atoms with Gasteiger partial charge >= 0.3 is 0 Å². The Labute approximate surface area is 124 Å². The SMILES string of the molecule is CC#CCn1c(-c2ccccc2)nc2cc(OC)ccc21. The van der Waals surface area contributed by atoms with E-state index in [4.69, 9.17) is 9.72 Å². The molecule has 104 valence electrons. The first-order valence-corrected chi connectivity index (χ1v) is 6.83. The van der Waals surface area contributed by atoms with Crippen LogP contribution in [0.3, 0.4) is 0 Å². The maximum atomic E-state index is 5.28. The first-order valence-electron chi connectivity index (χ1n) is 6.83. The molecule has 3 rings (SSSR count). The lowest BCUT2D eigenvalue weighted by Crippen LogP contribution is -1.98. The zero-order valence-electron chi connectivity index (χ0n) is 12.1. The number of hydrogen-bond donors (Lipinski definition) is 0. The van der Waals surface area contributed by atoms with Gasteiger partial charge in [-0.2, -0.15) is 0 Å².